The first-order valence-electron chi connectivity index (χ1n) is 25.0. The molecule has 1 aromatic rings. The van der Waals surface area contributed by atoms with E-state index in [0.717, 1.165) is 29.0 Å². The van der Waals surface area contributed by atoms with Gasteiger partial charge in [0.1, 0.15) is 24.7 Å². The number of anilines is 1. The Kier molecular flexibility index (Phi) is 26.2. The number of nitrogens with zero attached hydrogens (tertiary/aromatic N) is 5. The quantitative estimate of drug-likeness (QED) is 0.0829. The minimum absolute atomic E-state index is 0.00332. The number of carbonyl (C=O) groups excluding carboxylic acids is 9. The summed E-state index contributed by atoms with van der Waals surface area (Å²) in [5.41, 5.74) is 1.30. The third kappa shape index (κ3) is 19.6. The Hall–Kier alpha value is -6.47. The number of likely N-dealkylation sites (N-methyl/N-ethyl adjacent to an activating group) is 3. The number of alkyl halides is 3. The van der Waals surface area contributed by atoms with E-state index in [1.54, 1.807) is 80.0 Å². The number of carboxylic acids is 1. The van der Waals surface area contributed by atoms with Gasteiger partial charge in [-0.25, -0.2) is 4.79 Å². The molecule has 5 N–H and O–H groups in total. The first-order valence-corrected chi connectivity index (χ1v) is 25.0. The molecule has 1 aromatic carbocycles. The summed E-state index contributed by atoms with van der Waals surface area (Å²) in [5, 5.41) is 17.8. The average Bonchev–Trinajstić information content (AvgIpc) is 3.96. The second kappa shape index (κ2) is 30.3. The van der Waals surface area contributed by atoms with Crippen molar-refractivity contribution < 1.29 is 75.7 Å². The van der Waals surface area contributed by atoms with E-state index in [2.05, 4.69) is 21.3 Å². The molecule has 2 heterocycles. The lowest BCUT2D eigenvalue weighted by Crippen LogP contribution is -2.58. The molecular weight excluding hydrogens is 1000 g/mol. The van der Waals surface area contributed by atoms with Crippen molar-refractivity contribution in [3.8, 4) is 0 Å². The third-order valence-corrected chi connectivity index (χ3v) is 13.2. The van der Waals surface area contributed by atoms with Gasteiger partial charge in [0.2, 0.25) is 41.4 Å². The second-order valence-corrected chi connectivity index (χ2v) is 19.7. The van der Waals surface area contributed by atoms with Crippen molar-refractivity contribution in [1.29, 1.82) is 0 Å². The molecule has 1 saturated heterocycles. The van der Waals surface area contributed by atoms with Crippen LogP contribution in [0.2, 0.25) is 0 Å². The van der Waals surface area contributed by atoms with Crippen molar-refractivity contribution in [3.63, 3.8) is 0 Å². The van der Waals surface area contributed by atoms with E-state index in [-0.39, 0.29) is 54.5 Å². The monoisotopic (exact) mass is 1080 g/mol. The van der Waals surface area contributed by atoms with Crippen molar-refractivity contribution >= 4 is 64.8 Å². The van der Waals surface area contributed by atoms with Crippen LogP contribution in [0.1, 0.15) is 79.7 Å². The second-order valence-electron chi connectivity index (χ2n) is 19.7. The number of rotatable bonds is 26. The molecule has 0 saturated carbocycles. The highest BCUT2D eigenvalue weighted by Gasteiger charge is 2.43. The van der Waals surface area contributed by atoms with Crippen LogP contribution in [0.25, 0.3) is 0 Å². The molecule has 1 fully saturated rings. The zero-order chi connectivity index (χ0) is 57.9. The summed E-state index contributed by atoms with van der Waals surface area (Å²) >= 11 is 0. The zero-order valence-corrected chi connectivity index (χ0v) is 45.8. The Morgan fingerprint density at radius 1 is 0.829 bits per heavy atom. The topological polar surface area (TPSA) is 274 Å². The van der Waals surface area contributed by atoms with Gasteiger partial charge in [-0.2, -0.15) is 13.2 Å². The van der Waals surface area contributed by atoms with Crippen LogP contribution in [0.15, 0.2) is 36.4 Å². The summed E-state index contributed by atoms with van der Waals surface area (Å²) in [6.45, 7) is 12.9. The molecule has 22 nitrogen and oxygen atoms in total. The van der Waals surface area contributed by atoms with Crippen LogP contribution < -0.4 is 21.3 Å². The average molecular weight is 1080 g/mol. The number of hydrogen-bond donors (Lipinski definition) is 5. The molecule has 2 aliphatic rings. The van der Waals surface area contributed by atoms with E-state index in [9.17, 15) is 56.3 Å². The van der Waals surface area contributed by atoms with Gasteiger partial charge in [0.15, 0.2) is 0 Å². The van der Waals surface area contributed by atoms with Gasteiger partial charge in [0.05, 0.1) is 43.2 Å². The Balaban J connectivity index is 0.00000263. The lowest BCUT2D eigenvalue weighted by Gasteiger charge is -2.41. The molecule has 426 valence electrons. The van der Waals surface area contributed by atoms with Crippen molar-refractivity contribution in [3.05, 3.63) is 42.0 Å². The van der Waals surface area contributed by atoms with E-state index >= 15 is 0 Å². The molecule has 2 aliphatic heterocycles. The maximum Gasteiger partial charge on any atom is 0.490 e. The third-order valence-electron chi connectivity index (χ3n) is 13.2. The predicted molar refractivity (Wildman–Crippen MR) is 273 cm³/mol. The van der Waals surface area contributed by atoms with Crippen LogP contribution in [0.5, 0.6) is 0 Å². The molecule has 0 aromatic heterocycles. The van der Waals surface area contributed by atoms with E-state index in [4.69, 9.17) is 19.4 Å². The zero-order valence-electron chi connectivity index (χ0n) is 45.8. The Morgan fingerprint density at radius 2 is 1.42 bits per heavy atom. The highest BCUT2D eigenvalue weighted by atomic mass is 19.4. The number of halogens is 3. The van der Waals surface area contributed by atoms with Crippen molar-refractivity contribution in [1.82, 2.24) is 40.4 Å². The fourth-order valence-electron chi connectivity index (χ4n) is 8.83. The van der Waals surface area contributed by atoms with E-state index in [0.29, 0.717) is 38.0 Å². The summed E-state index contributed by atoms with van der Waals surface area (Å²) in [4.78, 5) is 133. The summed E-state index contributed by atoms with van der Waals surface area (Å²) in [6, 6.07) is 3.42. The highest BCUT2D eigenvalue weighted by molar-refractivity contribution is 6.14. The first-order chi connectivity index (χ1) is 35.4. The molecular formula is C51H78F3N9O13. The van der Waals surface area contributed by atoms with E-state index < -0.39 is 90.5 Å². The Morgan fingerprint density at radius 3 is 1.95 bits per heavy atom. The maximum absolute atomic E-state index is 14.3. The Labute approximate surface area is 442 Å². The molecule has 0 bridgehead atoms. The fraction of sp³-hybridized carbons (Fsp3) is 0.647. The van der Waals surface area contributed by atoms with Gasteiger partial charge in [-0.1, -0.05) is 53.2 Å². The normalized spacial score (nSPS) is 17.6. The number of aliphatic carboxylic acids is 1. The summed E-state index contributed by atoms with van der Waals surface area (Å²) in [5.74, 6) is -7.59. The van der Waals surface area contributed by atoms with Crippen molar-refractivity contribution in [2.24, 2.45) is 17.8 Å². The largest absolute Gasteiger partial charge is 0.490 e. The van der Waals surface area contributed by atoms with Gasteiger partial charge in [-0.3, -0.25) is 48.1 Å². The van der Waals surface area contributed by atoms with Gasteiger partial charge in [0.25, 0.3) is 11.8 Å². The summed E-state index contributed by atoms with van der Waals surface area (Å²) in [6.07, 6.45) is -1.72. The number of carbonyl (C=O) groups is 10. The smallest absolute Gasteiger partial charge is 0.475 e. The molecule has 25 heteroatoms. The molecule has 9 amide bonds. The molecule has 0 radical (unpaired) electrons. The number of ether oxygens (including phenoxy) is 2. The number of hydrogen-bond acceptors (Lipinski definition) is 13. The maximum atomic E-state index is 14.3. The van der Waals surface area contributed by atoms with Gasteiger partial charge < -0.3 is 55.4 Å². The number of methoxy groups -OCH3 is 2. The van der Waals surface area contributed by atoms with E-state index in [1.807, 2.05) is 33.8 Å². The lowest BCUT2D eigenvalue weighted by molar-refractivity contribution is -0.192. The first kappa shape index (κ1) is 65.6. The van der Waals surface area contributed by atoms with Crippen LogP contribution in [0.4, 0.5) is 18.9 Å². The standard InChI is InChI=1S/C49H77N9O11.C2HF3O2/c1-14-30(4)44(56(11)49(67)43(29(2)3)53-38(59)27-54(8)9)37(68-12)26-42(63)57-23-16-19-36(57)45(69-13)31(5)48(66)55(10)24-22-34-17-15-18-35(25-34)52-47(65)33(7)51-46(64)32(6)50-39(60)28-58-40(61)20-21-41(58)62;3-2(4,5)1(6)7/h15,17-18,20-21,25,29-33,36-37,43-45H,14,16,19,22-24,26-28H2,1-13H3,(H,50,60)(H,51,64)(H,52,65)(H,53,59);(H,6,7)/t30-,31+,32-,33-,36-,37+,43-,44-,45+;/m0./s1. The number of carboxylic acid groups (broad SMARTS) is 1. The van der Waals surface area contributed by atoms with Crippen LogP contribution >= 0.6 is 0 Å². The number of likely N-dealkylation sites (tertiary alicyclic amines) is 1. The summed E-state index contributed by atoms with van der Waals surface area (Å²) < 4.78 is 43.7. The molecule has 0 spiro atoms. The summed E-state index contributed by atoms with van der Waals surface area (Å²) in [7, 11) is 10.1. The lowest BCUT2D eigenvalue weighted by atomic mass is 9.89. The molecule has 3 rings (SSSR count). The molecule has 9 atom stereocenters. The molecule has 0 unspecified atom stereocenters. The van der Waals surface area contributed by atoms with Gasteiger partial charge in [0, 0.05) is 59.2 Å². The van der Waals surface area contributed by atoms with Gasteiger partial charge >= 0.3 is 12.1 Å². The minimum atomic E-state index is -5.08. The highest BCUT2D eigenvalue weighted by Crippen LogP contribution is 2.30. The fourth-order valence-corrected chi connectivity index (χ4v) is 8.83. The Bertz CT molecular complexity index is 2230. The number of imide groups is 1. The van der Waals surface area contributed by atoms with Crippen LogP contribution in [0, 0.1) is 17.8 Å². The molecule has 0 aliphatic carbocycles. The number of amides is 9. The number of benzene rings is 1. The van der Waals surface area contributed by atoms with Crippen molar-refractivity contribution in [2.75, 3.05) is 73.9 Å². The van der Waals surface area contributed by atoms with Crippen molar-refractivity contribution in [2.45, 2.75) is 129 Å². The molecule has 76 heavy (non-hydrogen) atoms. The predicted octanol–water partition coefficient (Wildman–Crippen LogP) is 1.82. The minimum Gasteiger partial charge on any atom is -0.475 e. The van der Waals surface area contributed by atoms with Gasteiger partial charge in [-0.05, 0) is 76.7 Å². The number of nitrogens with one attached hydrogen (secondary N) is 4. The van der Waals surface area contributed by atoms with Crippen LogP contribution in [-0.4, -0.2) is 206 Å². The van der Waals surface area contributed by atoms with E-state index in [1.165, 1.54) is 21.0 Å². The van der Waals surface area contributed by atoms with Crippen LogP contribution in [-0.2, 0) is 63.8 Å². The van der Waals surface area contributed by atoms with Gasteiger partial charge in [-0.15, -0.1) is 0 Å². The SMILES string of the molecule is CC[C@H](C)[C@@H]([C@@H](CC(=O)N1CCC[C@H]1[C@H](OC)[C@@H](C)C(=O)N(C)CCc1cccc(NC(=O)[C@H](C)NC(=O)[C@H](C)NC(=O)CN2C(=O)C=CC2=O)c1)OC)N(C)C(=O)[C@@H](NC(=O)CN(C)C)C(C)C.O=C(O)C(F)(F)F. The van der Waals surface area contributed by atoms with Crippen LogP contribution in [0.3, 0.4) is 0 Å².